The Labute approximate surface area is 80.8 Å². The minimum Gasteiger partial charge on any atom is -0.342 e. The second-order valence-corrected chi connectivity index (χ2v) is 3.22. The van der Waals surface area contributed by atoms with Crippen molar-refractivity contribution in [2.24, 2.45) is 5.92 Å². The summed E-state index contributed by atoms with van der Waals surface area (Å²) in [6, 6.07) is 0. The summed E-state index contributed by atoms with van der Waals surface area (Å²) < 4.78 is 0. The molecule has 0 aromatic carbocycles. The summed E-state index contributed by atoms with van der Waals surface area (Å²) in [5.41, 5.74) is 0. The van der Waals surface area contributed by atoms with E-state index in [0.717, 1.165) is 13.1 Å². The molecule has 0 aromatic rings. The van der Waals surface area contributed by atoms with Crippen LogP contribution in [-0.4, -0.2) is 37.5 Å². The Morgan fingerprint density at radius 3 is 2.77 bits per heavy atom. The first-order valence-corrected chi connectivity index (χ1v) is 4.70. The number of amides is 1. The highest BCUT2D eigenvalue weighted by molar-refractivity contribution is 5.78. The molecule has 1 atom stereocenters. The highest BCUT2D eigenvalue weighted by atomic mass is 16.2. The Morgan fingerprint density at radius 1 is 1.69 bits per heavy atom. The molecule has 76 valence electrons. The van der Waals surface area contributed by atoms with Crippen molar-refractivity contribution in [3.63, 3.8) is 0 Å². The van der Waals surface area contributed by atoms with E-state index in [1.165, 1.54) is 0 Å². The van der Waals surface area contributed by atoms with Crippen molar-refractivity contribution in [1.82, 2.24) is 10.2 Å². The van der Waals surface area contributed by atoms with Crippen LogP contribution in [0.5, 0.6) is 0 Å². The van der Waals surface area contributed by atoms with Crippen LogP contribution in [0.3, 0.4) is 0 Å². The average molecular weight is 184 g/mol. The van der Waals surface area contributed by atoms with Gasteiger partial charge < -0.3 is 10.2 Å². The van der Waals surface area contributed by atoms with Crippen LogP contribution in [0.4, 0.5) is 0 Å². The van der Waals surface area contributed by atoms with Gasteiger partial charge in [0.2, 0.25) is 5.91 Å². The minimum absolute atomic E-state index is 0.0462. The number of hydrogen-bond acceptors (Lipinski definition) is 2. The molecule has 1 unspecified atom stereocenters. The monoisotopic (exact) mass is 184 g/mol. The standard InChI is InChI=1S/C10H20N2O/c1-5-7-12(4)10(13)9(3)8-11-6-2/h5,9,11H,1,6-8H2,2-4H3. The molecular weight excluding hydrogens is 164 g/mol. The number of hydrogen-bond donors (Lipinski definition) is 1. The molecule has 3 nitrogen and oxygen atoms in total. The lowest BCUT2D eigenvalue weighted by molar-refractivity contribution is -0.133. The number of rotatable bonds is 6. The van der Waals surface area contributed by atoms with Crippen molar-refractivity contribution in [3.05, 3.63) is 12.7 Å². The van der Waals surface area contributed by atoms with Crippen molar-refractivity contribution >= 4 is 5.91 Å². The lowest BCUT2D eigenvalue weighted by Crippen LogP contribution is -2.36. The molecule has 0 fully saturated rings. The molecule has 13 heavy (non-hydrogen) atoms. The summed E-state index contributed by atoms with van der Waals surface area (Å²) >= 11 is 0. The lowest BCUT2D eigenvalue weighted by atomic mass is 10.1. The predicted molar refractivity (Wildman–Crippen MR) is 55.5 cm³/mol. The van der Waals surface area contributed by atoms with Crippen LogP contribution in [0.25, 0.3) is 0 Å². The van der Waals surface area contributed by atoms with Gasteiger partial charge in [-0.15, -0.1) is 6.58 Å². The van der Waals surface area contributed by atoms with E-state index in [9.17, 15) is 4.79 Å². The number of nitrogens with zero attached hydrogens (tertiary/aromatic N) is 1. The Morgan fingerprint density at radius 2 is 2.31 bits per heavy atom. The fraction of sp³-hybridized carbons (Fsp3) is 0.700. The molecule has 0 bridgehead atoms. The second kappa shape index (κ2) is 6.66. The Bertz CT molecular complexity index is 168. The van der Waals surface area contributed by atoms with Crippen LogP contribution in [0.1, 0.15) is 13.8 Å². The van der Waals surface area contributed by atoms with Gasteiger partial charge in [-0.25, -0.2) is 0 Å². The van der Waals surface area contributed by atoms with Gasteiger partial charge in [0.15, 0.2) is 0 Å². The van der Waals surface area contributed by atoms with Crippen molar-refractivity contribution in [2.75, 3.05) is 26.7 Å². The van der Waals surface area contributed by atoms with E-state index < -0.39 is 0 Å². The second-order valence-electron chi connectivity index (χ2n) is 3.22. The number of carbonyl (C=O) groups is 1. The van der Waals surface area contributed by atoms with E-state index in [1.807, 2.05) is 13.8 Å². The van der Waals surface area contributed by atoms with Gasteiger partial charge >= 0.3 is 0 Å². The normalized spacial score (nSPS) is 12.2. The van der Waals surface area contributed by atoms with Gasteiger partial charge in [0.05, 0.1) is 0 Å². The van der Waals surface area contributed by atoms with E-state index >= 15 is 0 Å². The molecule has 0 radical (unpaired) electrons. The molecule has 0 rings (SSSR count). The molecule has 3 heteroatoms. The minimum atomic E-state index is 0.0462. The largest absolute Gasteiger partial charge is 0.342 e. The maximum atomic E-state index is 11.6. The Kier molecular flexibility index (Phi) is 6.24. The molecule has 0 aromatic heterocycles. The molecule has 0 saturated carbocycles. The zero-order chi connectivity index (χ0) is 10.3. The van der Waals surface area contributed by atoms with Gasteiger partial charge in [0.1, 0.15) is 0 Å². The van der Waals surface area contributed by atoms with Crippen LogP contribution < -0.4 is 5.32 Å². The third-order valence-corrected chi connectivity index (χ3v) is 1.90. The van der Waals surface area contributed by atoms with Gasteiger partial charge in [-0.05, 0) is 6.54 Å². The first kappa shape index (κ1) is 12.2. The zero-order valence-corrected chi connectivity index (χ0v) is 8.84. The average Bonchev–Trinajstić information content (AvgIpc) is 2.13. The van der Waals surface area contributed by atoms with Crippen molar-refractivity contribution in [2.45, 2.75) is 13.8 Å². The van der Waals surface area contributed by atoms with Crippen LogP contribution >= 0.6 is 0 Å². The summed E-state index contributed by atoms with van der Waals surface area (Å²) in [4.78, 5) is 13.3. The Balaban J connectivity index is 3.86. The molecule has 0 spiro atoms. The van der Waals surface area contributed by atoms with E-state index in [4.69, 9.17) is 0 Å². The third kappa shape index (κ3) is 4.68. The van der Waals surface area contributed by atoms with Crippen LogP contribution in [0.2, 0.25) is 0 Å². The number of likely N-dealkylation sites (N-methyl/N-ethyl adjacent to an activating group) is 1. The molecule has 0 aliphatic heterocycles. The summed E-state index contributed by atoms with van der Waals surface area (Å²) in [7, 11) is 1.80. The van der Waals surface area contributed by atoms with E-state index in [-0.39, 0.29) is 11.8 Å². The first-order valence-electron chi connectivity index (χ1n) is 4.70. The van der Waals surface area contributed by atoms with Crippen LogP contribution in [0.15, 0.2) is 12.7 Å². The zero-order valence-electron chi connectivity index (χ0n) is 8.84. The van der Waals surface area contributed by atoms with Gasteiger partial charge in [0.25, 0.3) is 0 Å². The molecule has 0 heterocycles. The SMILES string of the molecule is C=CCN(C)C(=O)C(C)CNCC. The molecule has 1 amide bonds. The smallest absolute Gasteiger partial charge is 0.226 e. The molecule has 1 N–H and O–H groups in total. The summed E-state index contributed by atoms with van der Waals surface area (Å²) in [6.07, 6.45) is 1.73. The number of carbonyl (C=O) groups excluding carboxylic acids is 1. The fourth-order valence-electron chi connectivity index (χ4n) is 1.11. The van der Waals surface area contributed by atoms with Crippen molar-refractivity contribution < 1.29 is 4.79 Å². The quantitative estimate of drug-likeness (QED) is 0.621. The molecule has 0 saturated heterocycles. The number of nitrogens with one attached hydrogen (secondary N) is 1. The molecule has 0 aliphatic carbocycles. The van der Waals surface area contributed by atoms with Gasteiger partial charge in [-0.2, -0.15) is 0 Å². The van der Waals surface area contributed by atoms with Gasteiger partial charge in [-0.3, -0.25) is 4.79 Å². The summed E-state index contributed by atoms with van der Waals surface area (Å²) in [6.45, 7) is 9.84. The van der Waals surface area contributed by atoms with E-state index in [0.29, 0.717) is 6.54 Å². The maximum Gasteiger partial charge on any atom is 0.226 e. The molecular formula is C10H20N2O. The summed E-state index contributed by atoms with van der Waals surface area (Å²) in [5, 5.41) is 3.15. The summed E-state index contributed by atoms with van der Waals surface area (Å²) in [5.74, 6) is 0.214. The van der Waals surface area contributed by atoms with Crippen molar-refractivity contribution in [3.8, 4) is 0 Å². The third-order valence-electron chi connectivity index (χ3n) is 1.90. The Hall–Kier alpha value is -0.830. The van der Waals surface area contributed by atoms with Gasteiger partial charge in [-0.1, -0.05) is 19.9 Å². The fourth-order valence-corrected chi connectivity index (χ4v) is 1.11. The highest BCUT2D eigenvalue weighted by Gasteiger charge is 2.15. The lowest BCUT2D eigenvalue weighted by Gasteiger charge is -2.19. The van der Waals surface area contributed by atoms with Crippen LogP contribution in [0, 0.1) is 5.92 Å². The predicted octanol–water partition coefficient (Wildman–Crippen LogP) is 0.876. The highest BCUT2D eigenvalue weighted by Crippen LogP contribution is 1.99. The van der Waals surface area contributed by atoms with E-state index in [2.05, 4.69) is 11.9 Å². The van der Waals surface area contributed by atoms with Crippen LogP contribution in [-0.2, 0) is 4.79 Å². The first-order chi connectivity index (χ1) is 6.13. The molecule has 0 aliphatic rings. The van der Waals surface area contributed by atoms with Crippen molar-refractivity contribution in [1.29, 1.82) is 0 Å². The maximum absolute atomic E-state index is 11.6. The topological polar surface area (TPSA) is 32.3 Å². The van der Waals surface area contributed by atoms with Gasteiger partial charge in [0, 0.05) is 26.1 Å². The van der Waals surface area contributed by atoms with E-state index in [1.54, 1.807) is 18.0 Å².